The van der Waals surface area contributed by atoms with Crippen molar-refractivity contribution in [2.24, 2.45) is 5.92 Å². The third-order valence-electron chi connectivity index (χ3n) is 10.7. The van der Waals surface area contributed by atoms with E-state index in [1.807, 2.05) is 36.4 Å². The largest absolute Gasteiger partial charge is 1.00 e. The quantitative estimate of drug-likeness (QED) is 0.407. The van der Waals surface area contributed by atoms with E-state index in [9.17, 15) is 19.5 Å². The van der Waals surface area contributed by atoms with Gasteiger partial charge in [0.15, 0.2) is 23.4 Å². The third kappa shape index (κ3) is 4.82. The van der Waals surface area contributed by atoms with Crippen molar-refractivity contribution in [1.82, 2.24) is 10.2 Å². The van der Waals surface area contributed by atoms with Gasteiger partial charge in [0.05, 0.1) is 25.6 Å². The number of amides is 2. The van der Waals surface area contributed by atoms with Gasteiger partial charge < -0.3 is 46.4 Å². The molecule has 5 atom stereocenters. The van der Waals surface area contributed by atoms with E-state index in [1.54, 1.807) is 13.1 Å². The Morgan fingerprint density at radius 1 is 1.16 bits per heavy atom. The molecule has 11 heteroatoms. The van der Waals surface area contributed by atoms with E-state index < -0.39 is 29.3 Å². The number of aliphatic hydroxyl groups is 1. The second-order valence-corrected chi connectivity index (χ2v) is 13.4. The van der Waals surface area contributed by atoms with Crippen molar-refractivity contribution in [1.29, 1.82) is 0 Å². The first-order chi connectivity index (χ1) is 20.6. The molecular weight excluding hydrogens is 586 g/mol. The Kier molecular flexibility index (Phi) is 7.83. The highest BCUT2D eigenvalue weighted by Gasteiger charge is 2.76. The number of Topliss-reactive ketones (excluding diaryl/α,β-unsaturated/α-hetero) is 1. The fourth-order valence-corrected chi connectivity index (χ4v) is 8.37. The number of hydrogen-bond acceptors (Lipinski definition) is 7. The molecule has 2 N–H and O–H groups in total. The summed E-state index contributed by atoms with van der Waals surface area (Å²) in [5.74, 6) is 1.39. The molecular formula is C33H40ClN3O7. The number of hydrogen-bond donors (Lipinski definition) is 2. The maximum Gasteiger partial charge on any atom is 0.415 e. The standard InChI is InChI=1S/C33H39N3O7.ClH/c1-35(16-15-34-30(38)41-20-22-6-4-3-5-7-22)31(39)42-25-11-10-23-18-26-33(40)13-12-24(37)29-32(33,27(23)28(25)43-29)14-17-36(26,2)19-21-8-9-21;/h3-7,10-11,21,26,29,40H,8-9,12-20H2,1-2H3;1H/t26-,29+,32+,33-,36-;/m1./s1. The molecule has 0 radical (unpaired) electrons. The lowest BCUT2D eigenvalue weighted by Crippen LogP contribution is -3.00. The molecule has 0 unspecified atom stereocenters. The predicted molar refractivity (Wildman–Crippen MR) is 156 cm³/mol. The molecule has 2 heterocycles. The zero-order chi connectivity index (χ0) is 30.0. The molecule has 2 aliphatic heterocycles. The third-order valence-corrected chi connectivity index (χ3v) is 10.7. The first-order valence-electron chi connectivity index (χ1n) is 15.4. The average Bonchev–Trinajstić information content (AvgIpc) is 3.73. The summed E-state index contributed by atoms with van der Waals surface area (Å²) < 4.78 is 18.3. The minimum Gasteiger partial charge on any atom is -1.00 e. The number of carbonyl (C=O) groups excluding carboxylic acids is 3. The molecule has 2 bridgehead atoms. The number of halogens is 1. The molecule has 2 aromatic rings. The van der Waals surface area contributed by atoms with E-state index in [0.717, 1.165) is 40.2 Å². The number of ketones is 1. The lowest BCUT2D eigenvalue weighted by molar-refractivity contribution is -0.950. The van der Waals surface area contributed by atoms with Crippen LogP contribution in [-0.4, -0.2) is 90.5 Å². The summed E-state index contributed by atoms with van der Waals surface area (Å²) in [4.78, 5) is 39.9. The van der Waals surface area contributed by atoms with Crippen LogP contribution in [0.15, 0.2) is 42.5 Å². The summed E-state index contributed by atoms with van der Waals surface area (Å²) in [7, 11) is 3.87. The van der Waals surface area contributed by atoms with Gasteiger partial charge in [0.1, 0.15) is 18.2 Å². The molecule has 10 nitrogen and oxygen atoms in total. The highest BCUT2D eigenvalue weighted by atomic mass is 35.5. The minimum absolute atomic E-state index is 0. The van der Waals surface area contributed by atoms with Gasteiger partial charge in [0.2, 0.25) is 0 Å². The number of likely N-dealkylation sites (N-methyl/N-ethyl adjacent to an activating group) is 2. The highest BCUT2D eigenvalue weighted by molar-refractivity contribution is 5.90. The Bertz CT molecular complexity index is 1470. The lowest BCUT2D eigenvalue weighted by Gasteiger charge is -2.64. The Hall–Kier alpha value is -3.34. The van der Waals surface area contributed by atoms with Crippen molar-refractivity contribution in [3.8, 4) is 11.5 Å². The van der Waals surface area contributed by atoms with Gasteiger partial charge in [0.25, 0.3) is 0 Å². The fraction of sp³-hybridized carbons (Fsp3) is 0.545. The van der Waals surface area contributed by atoms with E-state index >= 15 is 0 Å². The zero-order valence-electron chi connectivity index (χ0n) is 25.2. The Morgan fingerprint density at radius 3 is 2.68 bits per heavy atom. The van der Waals surface area contributed by atoms with Gasteiger partial charge in [-0.3, -0.25) is 4.79 Å². The highest BCUT2D eigenvalue weighted by Crippen LogP contribution is 2.66. The molecule has 2 saturated carbocycles. The maximum atomic E-state index is 13.4. The number of alkyl carbamates (subject to hydrolysis) is 1. The Morgan fingerprint density at radius 2 is 1.93 bits per heavy atom. The van der Waals surface area contributed by atoms with Crippen LogP contribution >= 0.6 is 0 Å². The number of carbonyl (C=O) groups is 3. The molecule has 44 heavy (non-hydrogen) atoms. The second kappa shape index (κ2) is 11.2. The topological polar surface area (TPSA) is 114 Å². The Balaban J connectivity index is 0.00000343. The van der Waals surface area contributed by atoms with Gasteiger partial charge in [-0.25, -0.2) is 9.59 Å². The summed E-state index contributed by atoms with van der Waals surface area (Å²) >= 11 is 0. The van der Waals surface area contributed by atoms with Crippen LogP contribution in [0.25, 0.3) is 0 Å². The smallest absolute Gasteiger partial charge is 0.415 e. The SMILES string of the molecule is CN(CCNC(=O)OCc1ccccc1)C(=O)Oc1ccc2c3c1O[C@H]1C(=O)CC[C@@]4(O)[C@@H](C2)[N@@+](C)(CC2CC2)CC[C@]314.[Cl-]. The van der Waals surface area contributed by atoms with E-state index in [2.05, 4.69) is 12.4 Å². The van der Waals surface area contributed by atoms with Gasteiger partial charge in [0, 0.05) is 50.9 Å². The summed E-state index contributed by atoms with van der Waals surface area (Å²) in [5, 5.41) is 15.2. The number of rotatable bonds is 8. The van der Waals surface area contributed by atoms with E-state index in [-0.39, 0.29) is 56.1 Å². The second-order valence-electron chi connectivity index (χ2n) is 13.4. The van der Waals surface area contributed by atoms with Gasteiger partial charge >= 0.3 is 12.2 Å². The number of nitrogens with zero attached hydrogens (tertiary/aromatic N) is 2. The van der Waals surface area contributed by atoms with Crippen LogP contribution in [0.3, 0.4) is 0 Å². The van der Waals surface area contributed by atoms with Crippen molar-refractivity contribution in [2.45, 2.75) is 68.3 Å². The monoisotopic (exact) mass is 625 g/mol. The number of quaternary nitrogens is 1. The minimum atomic E-state index is -1.06. The molecule has 0 aromatic heterocycles. The van der Waals surface area contributed by atoms with Gasteiger partial charge in [-0.15, -0.1) is 0 Å². The molecule has 1 saturated heterocycles. The number of likely N-dealkylation sites (tertiary alicyclic amines) is 1. The molecule has 3 fully saturated rings. The first kappa shape index (κ1) is 30.7. The first-order valence-corrected chi connectivity index (χ1v) is 15.4. The van der Waals surface area contributed by atoms with Gasteiger partial charge in [-0.2, -0.15) is 0 Å². The molecule has 7 rings (SSSR count). The van der Waals surface area contributed by atoms with Crippen LogP contribution in [0.2, 0.25) is 0 Å². The average molecular weight is 626 g/mol. The predicted octanol–water partition coefficient (Wildman–Crippen LogP) is 0.325. The van der Waals surface area contributed by atoms with E-state index in [0.29, 0.717) is 25.0 Å². The Labute approximate surface area is 263 Å². The molecule has 236 valence electrons. The number of piperidine rings is 1. The van der Waals surface area contributed by atoms with Crippen LogP contribution in [-0.2, 0) is 28.0 Å². The van der Waals surface area contributed by atoms with Crippen LogP contribution in [0, 0.1) is 5.92 Å². The van der Waals surface area contributed by atoms with Crippen molar-refractivity contribution >= 4 is 18.0 Å². The normalized spacial score (nSPS) is 30.8. The van der Waals surface area contributed by atoms with E-state index in [1.165, 1.54) is 17.7 Å². The number of benzene rings is 2. The van der Waals surface area contributed by atoms with Crippen LogP contribution in [0.5, 0.6) is 11.5 Å². The molecule has 2 amide bonds. The van der Waals surface area contributed by atoms with Crippen LogP contribution < -0.4 is 27.2 Å². The summed E-state index contributed by atoms with van der Waals surface area (Å²) in [6.45, 7) is 2.48. The summed E-state index contributed by atoms with van der Waals surface area (Å²) in [5.41, 5.74) is 0.931. The fourth-order valence-electron chi connectivity index (χ4n) is 8.37. The summed E-state index contributed by atoms with van der Waals surface area (Å²) in [6.07, 6.45) is 2.63. The number of nitrogens with one attached hydrogen (secondary N) is 1. The summed E-state index contributed by atoms with van der Waals surface area (Å²) in [6, 6.07) is 13.1. The molecule has 3 aliphatic carbocycles. The lowest BCUT2D eigenvalue weighted by atomic mass is 9.48. The van der Waals surface area contributed by atoms with Crippen molar-refractivity contribution in [3.05, 3.63) is 59.2 Å². The maximum absolute atomic E-state index is 13.4. The zero-order valence-corrected chi connectivity index (χ0v) is 26.0. The van der Waals surface area contributed by atoms with E-state index in [4.69, 9.17) is 14.2 Å². The molecule has 1 spiro atoms. The molecule has 5 aliphatic rings. The van der Waals surface area contributed by atoms with Gasteiger partial charge in [-0.1, -0.05) is 36.4 Å². The van der Waals surface area contributed by atoms with Crippen molar-refractivity contribution in [2.75, 3.05) is 40.3 Å². The van der Waals surface area contributed by atoms with Crippen molar-refractivity contribution < 1.29 is 50.6 Å². The van der Waals surface area contributed by atoms with Crippen LogP contribution in [0.1, 0.15) is 48.8 Å². The number of ether oxygens (including phenoxy) is 3. The van der Waals surface area contributed by atoms with Crippen molar-refractivity contribution in [3.63, 3.8) is 0 Å². The van der Waals surface area contributed by atoms with Gasteiger partial charge in [-0.05, 0) is 36.5 Å². The van der Waals surface area contributed by atoms with Crippen LogP contribution in [0.4, 0.5) is 9.59 Å². The molecule has 2 aromatic carbocycles.